The number of aromatic hydroxyl groups is 1. The first-order valence-electron chi connectivity index (χ1n) is 15.3. The van der Waals surface area contributed by atoms with Gasteiger partial charge in [0.05, 0.1) is 55.3 Å². The summed E-state index contributed by atoms with van der Waals surface area (Å²) in [6.45, 7) is 12.5. The lowest BCUT2D eigenvalue weighted by atomic mass is 9.98. The zero-order chi connectivity index (χ0) is 35.0. The summed E-state index contributed by atoms with van der Waals surface area (Å²) in [6, 6.07) is 1.88. The number of benzene rings is 2. The predicted molar refractivity (Wildman–Crippen MR) is 178 cm³/mol. The van der Waals surface area contributed by atoms with Gasteiger partial charge in [-0.05, 0) is 37.0 Å². The van der Waals surface area contributed by atoms with Crippen LogP contribution in [0.3, 0.4) is 0 Å². The number of hydrogen-bond donors (Lipinski definition) is 1. The van der Waals surface area contributed by atoms with Gasteiger partial charge < -0.3 is 14.9 Å². The summed E-state index contributed by atoms with van der Waals surface area (Å²) in [6.07, 6.45) is 2.46. The third-order valence-electron chi connectivity index (χ3n) is 8.88. The van der Waals surface area contributed by atoms with Gasteiger partial charge in [-0.2, -0.15) is 4.98 Å². The Hall–Kier alpha value is -4.43. The van der Waals surface area contributed by atoms with Gasteiger partial charge in [-0.25, -0.2) is 32.0 Å². The van der Waals surface area contributed by atoms with Crippen LogP contribution in [-0.2, 0) is 14.6 Å². The quantitative estimate of drug-likeness (QED) is 0.223. The standard InChI is InChI=1S/C33H33ClF2N6O5S/c1-7-21(44)40-12-18-13-48(46,47)31-24-29(26(36)23(25(31)34)22-19(35)9-8-10-20(22)43)42(33(45)39-32(24)41(18)11-17(40)6)30-27(15(2)3)37-14-38-28(30)16(4)5/h7-10,14-18,43H,1,11-13H2,2-6H3. The number of halogens is 3. The molecule has 2 unspecified atom stereocenters. The molecule has 2 aromatic heterocycles. The zero-order valence-corrected chi connectivity index (χ0v) is 28.4. The number of phenolic OH excluding ortho intramolecular Hbond substituents is 1. The molecule has 6 rings (SSSR count). The molecule has 15 heteroatoms. The average molecular weight is 699 g/mol. The van der Waals surface area contributed by atoms with Crippen LogP contribution in [0.15, 0.2) is 46.9 Å². The first-order chi connectivity index (χ1) is 22.6. The van der Waals surface area contributed by atoms with Gasteiger partial charge in [0.25, 0.3) is 0 Å². The largest absolute Gasteiger partial charge is 0.507 e. The van der Waals surface area contributed by atoms with Crippen LogP contribution in [0.5, 0.6) is 5.75 Å². The lowest BCUT2D eigenvalue weighted by molar-refractivity contribution is -0.128. The molecule has 0 aliphatic carbocycles. The minimum absolute atomic E-state index is 0.0444. The fourth-order valence-corrected chi connectivity index (χ4v) is 9.19. The van der Waals surface area contributed by atoms with Crippen molar-refractivity contribution in [2.75, 3.05) is 23.7 Å². The Balaban J connectivity index is 1.86. The molecule has 1 N–H and O–H groups in total. The number of rotatable bonds is 5. The van der Waals surface area contributed by atoms with E-state index in [1.54, 1.807) is 11.8 Å². The highest BCUT2D eigenvalue weighted by Crippen LogP contribution is 2.49. The Morgan fingerprint density at radius 3 is 2.33 bits per heavy atom. The maximum atomic E-state index is 17.5. The number of amides is 1. The van der Waals surface area contributed by atoms with E-state index >= 15 is 8.78 Å². The number of fused-ring (bicyclic) bond motifs is 2. The lowest BCUT2D eigenvalue weighted by Gasteiger charge is -2.44. The predicted octanol–water partition coefficient (Wildman–Crippen LogP) is 5.11. The Morgan fingerprint density at radius 1 is 1.10 bits per heavy atom. The summed E-state index contributed by atoms with van der Waals surface area (Å²) >= 11 is 6.83. The third kappa shape index (κ3) is 5.04. The van der Waals surface area contributed by atoms with Crippen LogP contribution >= 0.6 is 11.6 Å². The van der Waals surface area contributed by atoms with E-state index in [2.05, 4.69) is 21.5 Å². The molecule has 2 aliphatic rings. The van der Waals surface area contributed by atoms with Gasteiger partial charge in [-0.15, -0.1) is 0 Å². The van der Waals surface area contributed by atoms with Crippen molar-refractivity contribution in [2.45, 2.75) is 63.4 Å². The molecule has 252 valence electrons. The van der Waals surface area contributed by atoms with Crippen LogP contribution in [0, 0.1) is 11.6 Å². The number of phenols is 1. The van der Waals surface area contributed by atoms with Gasteiger partial charge in [0.2, 0.25) is 5.91 Å². The van der Waals surface area contributed by atoms with Gasteiger partial charge in [0.15, 0.2) is 15.7 Å². The molecule has 2 aliphatic heterocycles. The maximum absolute atomic E-state index is 17.5. The van der Waals surface area contributed by atoms with Crippen LogP contribution in [0.4, 0.5) is 14.6 Å². The topological polar surface area (TPSA) is 139 Å². The molecule has 2 atom stereocenters. The highest BCUT2D eigenvalue weighted by molar-refractivity contribution is 7.91. The number of anilines is 1. The molecular weight excluding hydrogens is 666 g/mol. The fraction of sp³-hybridized carbons (Fsp3) is 0.364. The third-order valence-corrected chi connectivity index (χ3v) is 11.2. The number of hydrogen-bond acceptors (Lipinski definition) is 9. The van der Waals surface area contributed by atoms with Crippen molar-refractivity contribution in [3.8, 4) is 22.6 Å². The van der Waals surface area contributed by atoms with Gasteiger partial charge >= 0.3 is 5.69 Å². The van der Waals surface area contributed by atoms with Crippen LogP contribution < -0.4 is 10.6 Å². The molecule has 0 saturated carbocycles. The summed E-state index contributed by atoms with van der Waals surface area (Å²) in [4.78, 5) is 42.8. The van der Waals surface area contributed by atoms with E-state index in [1.807, 2.05) is 27.7 Å². The summed E-state index contributed by atoms with van der Waals surface area (Å²) in [5.74, 6) is -4.82. The minimum atomic E-state index is -4.49. The van der Waals surface area contributed by atoms with Crippen LogP contribution in [-0.4, -0.2) is 74.8 Å². The highest BCUT2D eigenvalue weighted by atomic mass is 35.5. The second-order valence-corrected chi connectivity index (χ2v) is 15.0. The fourth-order valence-electron chi connectivity index (χ4n) is 6.73. The minimum Gasteiger partial charge on any atom is -0.507 e. The second-order valence-electron chi connectivity index (χ2n) is 12.7. The molecule has 4 aromatic rings. The SMILES string of the molecule is C=CC(=O)N1CC2CS(=O)(=O)c3c(Cl)c(-c4c(O)cccc4F)c(F)c4c3c(nc(=O)n4-c3c(C(C)C)ncnc3C(C)C)N2CC1C. The number of sulfone groups is 1. The number of carbonyl (C=O) groups is 1. The first kappa shape index (κ1) is 33.5. The molecule has 4 heterocycles. The van der Waals surface area contributed by atoms with E-state index in [-0.39, 0.29) is 41.8 Å². The Bertz CT molecular complexity index is 2160. The Morgan fingerprint density at radius 2 is 1.75 bits per heavy atom. The lowest BCUT2D eigenvalue weighted by Crippen LogP contribution is -2.60. The first-order valence-corrected chi connectivity index (χ1v) is 17.4. The molecule has 0 radical (unpaired) electrons. The highest BCUT2D eigenvalue weighted by Gasteiger charge is 2.44. The molecule has 48 heavy (non-hydrogen) atoms. The number of piperazine rings is 1. The molecule has 2 aromatic carbocycles. The van der Waals surface area contributed by atoms with Crippen molar-refractivity contribution >= 4 is 44.1 Å². The molecular formula is C33H33ClF2N6O5S. The van der Waals surface area contributed by atoms with Crippen LogP contribution in [0.1, 0.15) is 57.8 Å². The monoisotopic (exact) mass is 698 g/mol. The average Bonchev–Trinajstić information content (AvgIpc) is 3.10. The van der Waals surface area contributed by atoms with Crippen molar-refractivity contribution in [3.63, 3.8) is 0 Å². The van der Waals surface area contributed by atoms with Crippen molar-refractivity contribution in [3.05, 3.63) is 75.7 Å². The van der Waals surface area contributed by atoms with E-state index in [0.29, 0.717) is 11.4 Å². The Labute approximate surface area is 280 Å². The van der Waals surface area contributed by atoms with Gasteiger partial charge in [-0.3, -0.25) is 9.36 Å². The number of nitrogens with zero attached hydrogens (tertiary/aromatic N) is 6. The van der Waals surface area contributed by atoms with E-state index in [4.69, 9.17) is 11.6 Å². The van der Waals surface area contributed by atoms with Gasteiger partial charge in [0.1, 0.15) is 23.7 Å². The van der Waals surface area contributed by atoms with Gasteiger partial charge in [-0.1, -0.05) is 51.9 Å². The second kappa shape index (κ2) is 11.9. The maximum Gasteiger partial charge on any atom is 0.354 e. The van der Waals surface area contributed by atoms with Crippen molar-refractivity contribution in [1.82, 2.24) is 24.4 Å². The smallest absolute Gasteiger partial charge is 0.354 e. The van der Waals surface area contributed by atoms with Crippen LogP contribution in [0.25, 0.3) is 27.7 Å². The van der Waals surface area contributed by atoms with E-state index in [0.717, 1.165) is 22.8 Å². The van der Waals surface area contributed by atoms with Crippen molar-refractivity contribution in [2.24, 2.45) is 0 Å². The molecule has 0 spiro atoms. The van der Waals surface area contributed by atoms with E-state index in [9.17, 15) is 23.1 Å². The molecule has 1 amide bonds. The number of aromatic nitrogens is 4. The van der Waals surface area contributed by atoms with Crippen molar-refractivity contribution < 1.29 is 27.1 Å². The van der Waals surface area contributed by atoms with Crippen molar-refractivity contribution in [1.29, 1.82) is 0 Å². The zero-order valence-electron chi connectivity index (χ0n) is 26.8. The molecule has 11 nitrogen and oxygen atoms in total. The summed E-state index contributed by atoms with van der Waals surface area (Å²) in [5, 5.41) is 9.82. The summed E-state index contributed by atoms with van der Waals surface area (Å²) in [7, 11) is -4.49. The summed E-state index contributed by atoms with van der Waals surface area (Å²) in [5.41, 5.74) is -2.10. The van der Waals surface area contributed by atoms with E-state index in [1.165, 1.54) is 17.3 Å². The van der Waals surface area contributed by atoms with Crippen LogP contribution in [0.2, 0.25) is 5.02 Å². The molecule has 1 saturated heterocycles. The summed E-state index contributed by atoms with van der Waals surface area (Å²) < 4.78 is 62.9. The van der Waals surface area contributed by atoms with Gasteiger partial charge in [0, 0.05) is 24.7 Å². The number of carbonyl (C=O) groups excluding carboxylic acids is 1. The molecule has 0 bridgehead atoms. The normalized spacial score (nSPS) is 18.7. The molecule has 1 fully saturated rings. The Kier molecular flexibility index (Phi) is 8.31. The van der Waals surface area contributed by atoms with E-state index < -0.39 is 83.2 Å².